The largest absolute Gasteiger partial charge is 0.381 e. The number of hydrogen-bond donors (Lipinski definition) is 3. The maximum atomic E-state index is 13.0. The summed E-state index contributed by atoms with van der Waals surface area (Å²) in [6, 6.07) is 10.6. The third-order valence-corrected chi connectivity index (χ3v) is 6.34. The van der Waals surface area contributed by atoms with Gasteiger partial charge in [0.25, 0.3) is 0 Å². The number of ketones is 1. The van der Waals surface area contributed by atoms with Gasteiger partial charge in [-0.1, -0.05) is 6.07 Å². The summed E-state index contributed by atoms with van der Waals surface area (Å²) in [6.07, 6.45) is 9.52. The number of aromatic amines is 1. The first kappa shape index (κ1) is 18.8. The standard InChI is InChI=1S/C24H25N5O/c25-11-19-9-16(12-27-19)15-3-8-22-20(10-15)23(29-18-6-4-17(26)5-7-18)21(13-28-22)24(30)14-1-2-14/h3,8-10,12-14,17-18,27H,1-2,4-7,26H2,(H,28,29). The van der Waals surface area contributed by atoms with Crippen LogP contribution in [-0.2, 0) is 0 Å². The molecule has 5 rings (SSSR count). The van der Waals surface area contributed by atoms with Gasteiger partial charge in [-0.25, -0.2) is 0 Å². The highest BCUT2D eigenvalue weighted by Gasteiger charge is 2.33. The molecule has 0 aliphatic heterocycles. The topological polar surface area (TPSA) is 108 Å². The second-order valence-corrected chi connectivity index (χ2v) is 8.59. The predicted octanol–water partition coefficient (Wildman–Crippen LogP) is 4.38. The summed E-state index contributed by atoms with van der Waals surface area (Å²) in [7, 11) is 0. The SMILES string of the molecule is N#Cc1cc(-c2ccc3ncc(C(=O)C4CC4)c(NC4CCC(N)CC4)c3c2)c[nH]1. The van der Waals surface area contributed by atoms with Crippen molar-refractivity contribution in [2.75, 3.05) is 5.32 Å². The number of pyridine rings is 1. The van der Waals surface area contributed by atoms with Gasteiger partial charge in [0.15, 0.2) is 5.78 Å². The average molecular weight is 399 g/mol. The summed E-state index contributed by atoms with van der Waals surface area (Å²) in [4.78, 5) is 20.6. The Morgan fingerprint density at radius 2 is 1.93 bits per heavy atom. The van der Waals surface area contributed by atoms with Crippen LogP contribution in [-0.4, -0.2) is 27.8 Å². The van der Waals surface area contributed by atoms with Crippen LogP contribution in [0.5, 0.6) is 0 Å². The number of anilines is 1. The number of H-pyrrole nitrogens is 1. The molecular weight excluding hydrogens is 374 g/mol. The molecule has 2 heterocycles. The van der Waals surface area contributed by atoms with Crippen LogP contribution in [0, 0.1) is 17.2 Å². The second kappa shape index (κ2) is 7.58. The van der Waals surface area contributed by atoms with Crippen molar-refractivity contribution in [2.24, 2.45) is 11.7 Å². The summed E-state index contributed by atoms with van der Waals surface area (Å²) >= 11 is 0. The molecule has 4 N–H and O–H groups in total. The van der Waals surface area contributed by atoms with E-state index in [2.05, 4.69) is 27.4 Å². The Hall–Kier alpha value is -3.17. The fourth-order valence-electron chi connectivity index (χ4n) is 4.37. The van der Waals surface area contributed by atoms with Crippen LogP contribution >= 0.6 is 0 Å². The molecule has 2 aromatic heterocycles. The number of aromatic nitrogens is 2. The molecule has 0 bridgehead atoms. The zero-order valence-electron chi connectivity index (χ0n) is 16.8. The van der Waals surface area contributed by atoms with E-state index in [0.29, 0.717) is 17.3 Å². The van der Waals surface area contributed by atoms with Crippen molar-refractivity contribution >= 4 is 22.4 Å². The van der Waals surface area contributed by atoms with Crippen LogP contribution < -0.4 is 11.1 Å². The molecule has 2 aliphatic rings. The van der Waals surface area contributed by atoms with Gasteiger partial charge in [-0.3, -0.25) is 9.78 Å². The number of Topliss-reactive ketones (excluding diaryl/α,β-unsaturated/α-hetero) is 1. The minimum atomic E-state index is 0.135. The second-order valence-electron chi connectivity index (χ2n) is 8.59. The molecule has 0 amide bonds. The highest BCUT2D eigenvalue weighted by molar-refractivity contribution is 6.10. The molecule has 2 saturated carbocycles. The molecule has 0 spiro atoms. The van der Waals surface area contributed by atoms with E-state index in [0.717, 1.165) is 66.2 Å². The molecule has 0 radical (unpaired) electrons. The Labute approximate surface area is 175 Å². The van der Waals surface area contributed by atoms with E-state index in [1.807, 2.05) is 24.4 Å². The number of nitriles is 1. The van der Waals surface area contributed by atoms with Gasteiger partial charge in [0.2, 0.25) is 0 Å². The minimum absolute atomic E-state index is 0.135. The quantitative estimate of drug-likeness (QED) is 0.552. The van der Waals surface area contributed by atoms with Crippen LogP contribution in [0.4, 0.5) is 5.69 Å². The van der Waals surface area contributed by atoms with Gasteiger partial charge in [-0.2, -0.15) is 5.26 Å². The first-order valence-electron chi connectivity index (χ1n) is 10.7. The van der Waals surface area contributed by atoms with Crippen molar-refractivity contribution in [3.05, 3.63) is 47.9 Å². The maximum absolute atomic E-state index is 13.0. The molecule has 6 nitrogen and oxygen atoms in total. The number of carbonyl (C=O) groups is 1. The summed E-state index contributed by atoms with van der Waals surface area (Å²) in [5.74, 6) is 0.328. The zero-order chi connectivity index (χ0) is 20.7. The molecular formula is C24H25N5O. The number of hydrogen-bond acceptors (Lipinski definition) is 5. The lowest BCUT2D eigenvalue weighted by Crippen LogP contribution is -2.33. The van der Waals surface area contributed by atoms with Crippen molar-refractivity contribution in [3.63, 3.8) is 0 Å². The van der Waals surface area contributed by atoms with Crippen molar-refractivity contribution in [3.8, 4) is 17.2 Å². The van der Waals surface area contributed by atoms with Gasteiger partial charge in [0.1, 0.15) is 11.8 Å². The summed E-state index contributed by atoms with van der Waals surface area (Å²) < 4.78 is 0. The first-order chi connectivity index (χ1) is 14.6. The van der Waals surface area contributed by atoms with E-state index in [-0.39, 0.29) is 17.7 Å². The Morgan fingerprint density at radius 3 is 2.63 bits per heavy atom. The number of rotatable bonds is 5. The summed E-state index contributed by atoms with van der Waals surface area (Å²) in [6.45, 7) is 0. The van der Waals surface area contributed by atoms with E-state index in [1.165, 1.54) is 0 Å². The summed E-state index contributed by atoms with van der Waals surface area (Å²) in [5.41, 5.74) is 11.0. The van der Waals surface area contributed by atoms with Crippen LogP contribution in [0.25, 0.3) is 22.0 Å². The third-order valence-electron chi connectivity index (χ3n) is 6.34. The van der Waals surface area contributed by atoms with Gasteiger partial charge in [-0.15, -0.1) is 0 Å². The van der Waals surface area contributed by atoms with Crippen molar-refractivity contribution in [1.82, 2.24) is 9.97 Å². The molecule has 152 valence electrons. The highest BCUT2D eigenvalue weighted by Crippen LogP contribution is 2.38. The predicted molar refractivity (Wildman–Crippen MR) is 117 cm³/mol. The lowest BCUT2D eigenvalue weighted by molar-refractivity contribution is 0.0968. The molecule has 6 heteroatoms. The van der Waals surface area contributed by atoms with Crippen molar-refractivity contribution in [2.45, 2.75) is 50.6 Å². The molecule has 1 aromatic carbocycles. The fraction of sp³-hybridized carbons (Fsp3) is 0.375. The van der Waals surface area contributed by atoms with Crippen LogP contribution in [0.15, 0.2) is 36.7 Å². The molecule has 2 fully saturated rings. The molecule has 0 atom stereocenters. The highest BCUT2D eigenvalue weighted by atomic mass is 16.1. The molecule has 30 heavy (non-hydrogen) atoms. The molecule has 3 aromatic rings. The Bertz CT molecular complexity index is 1150. The van der Waals surface area contributed by atoms with E-state index >= 15 is 0 Å². The lowest BCUT2D eigenvalue weighted by Gasteiger charge is -2.29. The normalized spacial score (nSPS) is 21.3. The van der Waals surface area contributed by atoms with Gasteiger partial charge in [0, 0.05) is 41.3 Å². The van der Waals surface area contributed by atoms with Crippen LogP contribution in [0.3, 0.4) is 0 Å². The average Bonchev–Trinajstić information content (AvgIpc) is 3.51. The monoisotopic (exact) mass is 399 g/mol. The zero-order valence-corrected chi connectivity index (χ0v) is 16.8. The Morgan fingerprint density at radius 1 is 1.13 bits per heavy atom. The van der Waals surface area contributed by atoms with Gasteiger partial charge in [-0.05, 0) is 62.3 Å². The van der Waals surface area contributed by atoms with Gasteiger partial charge >= 0.3 is 0 Å². The van der Waals surface area contributed by atoms with Crippen molar-refractivity contribution < 1.29 is 4.79 Å². The third kappa shape index (κ3) is 3.57. The van der Waals surface area contributed by atoms with Gasteiger partial charge < -0.3 is 16.0 Å². The molecule has 2 aliphatic carbocycles. The number of carbonyl (C=O) groups excluding carboxylic acids is 1. The number of benzene rings is 1. The van der Waals surface area contributed by atoms with Gasteiger partial charge in [0.05, 0.1) is 16.8 Å². The Kier molecular flexibility index (Phi) is 4.76. The van der Waals surface area contributed by atoms with E-state index in [4.69, 9.17) is 11.0 Å². The summed E-state index contributed by atoms with van der Waals surface area (Å²) in [5, 5.41) is 13.8. The Balaban J connectivity index is 1.59. The molecule has 0 saturated heterocycles. The van der Waals surface area contributed by atoms with Crippen molar-refractivity contribution in [1.29, 1.82) is 5.26 Å². The van der Waals surface area contributed by atoms with E-state index in [9.17, 15) is 4.79 Å². The maximum Gasteiger partial charge on any atom is 0.169 e. The smallest absolute Gasteiger partial charge is 0.169 e. The van der Waals surface area contributed by atoms with E-state index < -0.39 is 0 Å². The minimum Gasteiger partial charge on any atom is -0.381 e. The van der Waals surface area contributed by atoms with Crippen LogP contribution in [0.2, 0.25) is 0 Å². The fourth-order valence-corrected chi connectivity index (χ4v) is 4.37. The number of nitrogens with two attached hydrogens (primary N) is 1. The van der Waals surface area contributed by atoms with E-state index in [1.54, 1.807) is 6.20 Å². The number of nitrogens with zero attached hydrogens (tertiary/aromatic N) is 2. The lowest BCUT2D eigenvalue weighted by atomic mass is 9.91. The molecule has 0 unspecified atom stereocenters. The number of nitrogens with one attached hydrogen (secondary N) is 2. The first-order valence-corrected chi connectivity index (χ1v) is 10.7. The number of fused-ring (bicyclic) bond motifs is 1. The van der Waals surface area contributed by atoms with Crippen LogP contribution in [0.1, 0.15) is 54.6 Å².